The van der Waals surface area contributed by atoms with Crippen LogP contribution < -0.4 is 10.1 Å². The molecular formula is C20H17N3O2. The van der Waals surface area contributed by atoms with Crippen LogP contribution in [0, 0.1) is 0 Å². The fraction of sp³-hybridized carbons (Fsp3) is 0.200. The monoisotopic (exact) mass is 331 g/mol. The minimum absolute atomic E-state index is 0.181. The van der Waals surface area contributed by atoms with E-state index in [-0.39, 0.29) is 11.9 Å². The van der Waals surface area contributed by atoms with Crippen LogP contribution in [-0.4, -0.2) is 16.1 Å². The lowest BCUT2D eigenvalue weighted by Gasteiger charge is -2.28. The molecule has 25 heavy (non-hydrogen) atoms. The van der Waals surface area contributed by atoms with Gasteiger partial charge in [0, 0.05) is 22.7 Å². The molecule has 3 aromatic rings. The number of H-pyrrole nitrogens is 1. The SMILES string of the molecule is O=C(NC1c2ccccc2Oc2ccccc21)c1cc(C2CC2)[nH]n1. The largest absolute Gasteiger partial charge is 0.457 e. The zero-order valence-electron chi connectivity index (χ0n) is 13.5. The molecule has 2 aliphatic rings. The van der Waals surface area contributed by atoms with E-state index in [0.717, 1.165) is 28.3 Å². The summed E-state index contributed by atoms with van der Waals surface area (Å²) in [6.45, 7) is 0. The molecule has 2 heterocycles. The first-order valence-electron chi connectivity index (χ1n) is 8.51. The number of hydrogen-bond donors (Lipinski definition) is 2. The number of benzene rings is 2. The first kappa shape index (κ1) is 14.3. The van der Waals surface area contributed by atoms with Crippen molar-refractivity contribution in [3.8, 4) is 11.5 Å². The average Bonchev–Trinajstić information content (AvgIpc) is 3.38. The van der Waals surface area contributed by atoms with E-state index in [9.17, 15) is 4.79 Å². The lowest BCUT2D eigenvalue weighted by Crippen LogP contribution is -2.31. The van der Waals surface area contributed by atoms with Gasteiger partial charge in [-0.1, -0.05) is 36.4 Å². The second-order valence-electron chi connectivity index (χ2n) is 6.57. The van der Waals surface area contributed by atoms with Crippen LogP contribution in [0.15, 0.2) is 54.6 Å². The molecule has 5 rings (SSSR count). The summed E-state index contributed by atoms with van der Waals surface area (Å²) in [7, 11) is 0. The fourth-order valence-corrected chi connectivity index (χ4v) is 3.33. The predicted octanol–water partition coefficient (Wildman–Crippen LogP) is 3.91. The van der Waals surface area contributed by atoms with Crippen molar-refractivity contribution in [3.63, 3.8) is 0 Å². The molecule has 1 aliphatic carbocycles. The van der Waals surface area contributed by atoms with Gasteiger partial charge in [-0.05, 0) is 31.0 Å². The summed E-state index contributed by atoms with van der Waals surface area (Å²) >= 11 is 0. The molecule has 2 N–H and O–H groups in total. The molecule has 5 heteroatoms. The molecule has 0 saturated heterocycles. The normalized spacial score (nSPS) is 15.8. The molecule has 0 bridgehead atoms. The first-order chi connectivity index (χ1) is 12.3. The van der Waals surface area contributed by atoms with Gasteiger partial charge >= 0.3 is 0 Å². The van der Waals surface area contributed by atoms with Crippen molar-refractivity contribution in [3.05, 3.63) is 77.1 Å². The van der Waals surface area contributed by atoms with Crippen LogP contribution in [0.2, 0.25) is 0 Å². The van der Waals surface area contributed by atoms with Gasteiger partial charge in [0.25, 0.3) is 5.91 Å². The summed E-state index contributed by atoms with van der Waals surface area (Å²) in [5.74, 6) is 1.90. The molecule has 0 spiro atoms. The van der Waals surface area contributed by atoms with E-state index in [4.69, 9.17) is 4.74 Å². The molecule has 1 amide bonds. The highest BCUT2D eigenvalue weighted by atomic mass is 16.5. The second kappa shape index (κ2) is 5.48. The van der Waals surface area contributed by atoms with Gasteiger partial charge < -0.3 is 10.1 Å². The molecule has 5 nitrogen and oxygen atoms in total. The number of nitrogens with one attached hydrogen (secondary N) is 2. The van der Waals surface area contributed by atoms with Gasteiger partial charge in [0.2, 0.25) is 0 Å². The van der Waals surface area contributed by atoms with Crippen LogP contribution in [0.1, 0.15) is 52.1 Å². The fourth-order valence-electron chi connectivity index (χ4n) is 3.33. The van der Waals surface area contributed by atoms with Crippen LogP contribution in [-0.2, 0) is 0 Å². The molecule has 1 aromatic heterocycles. The molecule has 2 aromatic carbocycles. The third-order valence-electron chi connectivity index (χ3n) is 4.80. The topological polar surface area (TPSA) is 67.0 Å². The van der Waals surface area contributed by atoms with Crippen LogP contribution in [0.5, 0.6) is 11.5 Å². The molecular weight excluding hydrogens is 314 g/mol. The number of para-hydroxylation sites is 2. The Hall–Kier alpha value is -3.08. The van der Waals surface area contributed by atoms with Crippen LogP contribution >= 0.6 is 0 Å². The van der Waals surface area contributed by atoms with Gasteiger partial charge in [-0.2, -0.15) is 5.10 Å². The molecule has 0 unspecified atom stereocenters. The number of hydrogen-bond acceptors (Lipinski definition) is 3. The van der Waals surface area contributed by atoms with Gasteiger partial charge in [0.05, 0.1) is 6.04 Å². The Morgan fingerprint density at radius 2 is 1.68 bits per heavy atom. The summed E-state index contributed by atoms with van der Waals surface area (Å²) in [5, 5.41) is 10.3. The van der Waals surface area contributed by atoms with E-state index in [0.29, 0.717) is 11.6 Å². The molecule has 124 valence electrons. The first-order valence-corrected chi connectivity index (χ1v) is 8.51. The van der Waals surface area contributed by atoms with E-state index in [1.54, 1.807) is 0 Å². The molecule has 1 fully saturated rings. The maximum atomic E-state index is 12.8. The highest BCUT2D eigenvalue weighted by molar-refractivity contribution is 5.93. The van der Waals surface area contributed by atoms with Gasteiger partial charge in [0.1, 0.15) is 17.2 Å². The smallest absolute Gasteiger partial charge is 0.272 e. The molecule has 0 radical (unpaired) electrons. The lowest BCUT2D eigenvalue weighted by molar-refractivity contribution is 0.0936. The number of rotatable bonds is 3. The number of amides is 1. The molecule has 0 atom stereocenters. The van der Waals surface area contributed by atoms with Crippen molar-refractivity contribution in [2.24, 2.45) is 0 Å². The number of aromatic nitrogens is 2. The van der Waals surface area contributed by atoms with E-state index in [1.165, 1.54) is 12.8 Å². The van der Waals surface area contributed by atoms with Crippen molar-refractivity contribution in [2.75, 3.05) is 0 Å². The number of aromatic amines is 1. The van der Waals surface area contributed by atoms with Crippen molar-refractivity contribution < 1.29 is 9.53 Å². The molecule has 1 aliphatic heterocycles. The Labute approximate surface area is 145 Å². The Morgan fingerprint density at radius 3 is 2.32 bits per heavy atom. The summed E-state index contributed by atoms with van der Waals surface area (Å²) in [6.07, 6.45) is 2.34. The third kappa shape index (κ3) is 2.48. The van der Waals surface area contributed by atoms with Crippen LogP contribution in [0.4, 0.5) is 0 Å². The minimum Gasteiger partial charge on any atom is -0.457 e. The number of carbonyl (C=O) groups excluding carboxylic acids is 1. The maximum absolute atomic E-state index is 12.8. The minimum atomic E-state index is -0.255. The van der Waals surface area contributed by atoms with E-state index in [2.05, 4.69) is 15.5 Å². The molecule has 1 saturated carbocycles. The number of nitrogens with zero attached hydrogens (tertiary/aromatic N) is 1. The Kier molecular flexibility index (Phi) is 3.13. The number of ether oxygens (including phenoxy) is 1. The summed E-state index contributed by atoms with van der Waals surface area (Å²) in [4.78, 5) is 12.8. The lowest BCUT2D eigenvalue weighted by atomic mass is 9.94. The number of fused-ring (bicyclic) bond motifs is 2. The maximum Gasteiger partial charge on any atom is 0.272 e. The van der Waals surface area contributed by atoms with Crippen LogP contribution in [0.3, 0.4) is 0 Å². The van der Waals surface area contributed by atoms with E-state index < -0.39 is 0 Å². The zero-order valence-corrected chi connectivity index (χ0v) is 13.5. The number of carbonyl (C=O) groups is 1. The Balaban J connectivity index is 1.49. The zero-order chi connectivity index (χ0) is 16.8. The van der Waals surface area contributed by atoms with Gasteiger partial charge in [-0.15, -0.1) is 0 Å². The third-order valence-corrected chi connectivity index (χ3v) is 4.80. The summed E-state index contributed by atoms with van der Waals surface area (Å²) in [5.41, 5.74) is 3.39. The Morgan fingerprint density at radius 1 is 1.04 bits per heavy atom. The van der Waals surface area contributed by atoms with Gasteiger partial charge in [-0.25, -0.2) is 0 Å². The van der Waals surface area contributed by atoms with Crippen molar-refractivity contribution in [2.45, 2.75) is 24.8 Å². The van der Waals surface area contributed by atoms with Gasteiger partial charge in [-0.3, -0.25) is 9.89 Å². The quantitative estimate of drug-likeness (QED) is 0.764. The highest BCUT2D eigenvalue weighted by Crippen LogP contribution is 2.42. The van der Waals surface area contributed by atoms with Gasteiger partial charge in [0.15, 0.2) is 0 Å². The Bertz CT molecular complexity index is 913. The van der Waals surface area contributed by atoms with Crippen molar-refractivity contribution in [1.29, 1.82) is 0 Å². The average molecular weight is 331 g/mol. The van der Waals surface area contributed by atoms with Crippen molar-refractivity contribution in [1.82, 2.24) is 15.5 Å². The van der Waals surface area contributed by atoms with E-state index in [1.807, 2.05) is 54.6 Å². The summed E-state index contributed by atoms with van der Waals surface area (Å²) in [6, 6.07) is 17.2. The highest BCUT2D eigenvalue weighted by Gasteiger charge is 2.30. The standard InChI is InChI=1S/C20H17N3O2/c24-20(16-11-15(22-23-16)12-9-10-12)21-19-13-5-1-3-7-17(13)25-18-8-4-2-6-14(18)19/h1-8,11-12,19H,9-10H2,(H,21,24)(H,22,23). The van der Waals surface area contributed by atoms with E-state index >= 15 is 0 Å². The van der Waals surface area contributed by atoms with Crippen LogP contribution in [0.25, 0.3) is 0 Å². The van der Waals surface area contributed by atoms with Crippen molar-refractivity contribution >= 4 is 5.91 Å². The predicted molar refractivity (Wildman–Crippen MR) is 92.8 cm³/mol. The second-order valence-corrected chi connectivity index (χ2v) is 6.57. The summed E-state index contributed by atoms with van der Waals surface area (Å²) < 4.78 is 5.97.